The maximum Gasteiger partial charge on any atom is 0.237 e. The lowest BCUT2D eigenvalue weighted by atomic mass is 9.96. The largest absolute Gasteiger partial charge is 0.353 e. The van der Waals surface area contributed by atoms with Gasteiger partial charge in [-0.2, -0.15) is 0 Å². The van der Waals surface area contributed by atoms with Crippen molar-refractivity contribution >= 4 is 11.8 Å². The Morgan fingerprint density at radius 2 is 1.33 bits per heavy atom. The number of nitrogens with one attached hydrogen (secondary N) is 2. The first kappa shape index (κ1) is 17.2. The molecule has 0 fully saturated rings. The second-order valence-corrected chi connectivity index (χ2v) is 5.48. The van der Waals surface area contributed by atoms with Gasteiger partial charge in [-0.05, 0) is 32.3 Å². The highest BCUT2D eigenvalue weighted by Crippen LogP contribution is 2.17. The fourth-order valence-corrected chi connectivity index (χ4v) is 1.92. The van der Waals surface area contributed by atoms with Gasteiger partial charge in [0.1, 0.15) is 5.92 Å². The number of rotatable bonds is 7. The smallest absolute Gasteiger partial charge is 0.237 e. The molecular weight excluding hydrogens is 264 g/mol. The molecule has 1 aromatic rings. The SMILES string of the molecule is CCC(C)NC(=O)C(C(=O)NC(C)CC)c1ccccc1. The van der Waals surface area contributed by atoms with Crippen molar-refractivity contribution in [2.45, 2.75) is 58.5 Å². The Morgan fingerprint density at radius 1 is 0.905 bits per heavy atom. The molecule has 4 nitrogen and oxygen atoms in total. The Hall–Kier alpha value is -1.84. The minimum Gasteiger partial charge on any atom is -0.353 e. The molecule has 2 atom stereocenters. The Balaban J connectivity index is 2.95. The number of amides is 2. The quantitative estimate of drug-likeness (QED) is 0.758. The molecule has 4 heteroatoms. The van der Waals surface area contributed by atoms with Crippen molar-refractivity contribution in [3.63, 3.8) is 0 Å². The van der Waals surface area contributed by atoms with Crippen LogP contribution in [0.15, 0.2) is 30.3 Å². The first-order valence-corrected chi connectivity index (χ1v) is 7.65. The molecule has 2 unspecified atom stereocenters. The predicted molar refractivity (Wildman–Crippen MR) is 85.0 cm³/mol. The highest BCUT2D eigenvalue weighted by atomic mass is 16.2. The molecule has 2 N–H and O–H groups in total. The Kier molecular flexibility index (Phi) is 6.92. The van der Waals surface area contributed by atoms with Crippen LogP contribution in [-0.2, 0) is 9.59 Å². The van der Waals surface area contributed by atoms with Crippen LogP contribution in [-0.4, -0.2) is 23.9 Å². The molecule has 0 saturated carbocycles. The number of carbonyl (C=O) groups is 2. The second-order valence-electron chi connectivity index (χ2n) is 5.48. The summed E-state index contributed by atoms with van der Waals surface area (Å²) in [5.74, 6) is -1.28. The molecule has 0 aliphatic rings. The van der Waals surface area contributed by atoms with E-state index in [9.17, 15) is 9.59 Å². The number of carbonyl (C=O) groups excluding carboxylic acids is 2. The fourth-order valence-electron chi connectivity index (χ4n) is 1.92. The van der Waals surface area contributed by atoms with Gasteiger partial charge in [0, 0.05) is 12.1 Å². The zero-order valence-corrected chi connectivity index (χ0v) is 13.3. The molecule has 0 saturated heterocycles. The third kappa shape index (κ3) is 5.21. The average molecular weight is 290 g/mol. The standard InChI is InChI=1S/C17H26N2O2/c1-5-12(3)18-16(20)15(14-10-8-7-9-11-14)17(21)19-13(4)6-2/h7-13,15H,5-6H2,1-4H3,(H,18,20)(H,19,21). The van der Waals surface area contributed by atoms with E-state index >= 15 is 0 Å². The monoisotopic (exact) mass is 290 g/mol. The Labute approximate surface area is 127 Å². The first-order valence-electron chi connectivity index (χ1n) is 7.65. The van der Waals surface area contributed by atoms with E-state index in [2.05, 4.69) is 10.6 Å². The third-order valence-corrected chi connectivity index (χ3v) is 3.66. The van der Waals surface area contributed by atoms with Gasteiger partial charge in [-0.25, -0.2) is 0 Å². The lowest BCUT2D eigenvalue weighted by molar-refractivity contribution is -0.132. The van der Waals surface area contributed by atoms with E-state index in [-0.39, 0.29) is 23.9 Å². The summed E-state index contributed by atoms with van der Waals surface area (Å²) in [6, 6.07) is 9.30. The van der Waals surface area contributed by atoms with Crippen molar-refractivity contribution in [2.75, 3.05) is 0 Å². The van der Waals surface area contributed by atoms with E-state index in [0.717, 1.165) is 18.4 Å². The predicted octanol–water partition coefficient (Wildman–Crippen LogP) is 2.60. The zero-order chi connectivity index (χ0) is 15.8. The van der Waals surface area contributed by atoms with Crippen LogP contribution in [0.2, 0.25) is 0 Å². The van der Waals surface area contributed by atoms with Gasteiger partial charge in [0.2, 0.25) is 11.8 Å². The molecule has 0 bridgehead atoms. The van der Waals surface area contributed by atoms with Gasteiger partial charge in [0.25, 0.3) is 0 Å². The van der Waals surface area contributed by atoms with Crippen molar-refractivity contribution in [3.05, 3.63) is 35.9 Å². The number of hydrogen-bond donors (Lipinski definition) is 2. The van der Waals surface area contributed by atoms with Gasteiger partial charge < -0.3 is 10.6 Å². The van der Waals surface area contributed by atoms with E-state index < -0.39 is 5.92 Å². The van der Waals surface area contributed by atoms with E-state index in [0.29, 0.717) is 0 Å². The molecule has 2 amide bonds. The third-order valence-electron chi connectivity index (χ3n) is 3.66. The Morgan fingerprint density at radius 3 is 1.71 bits per heavy atom. The van der Waals surface area contributed by atoms with Crippen LogP contribution in [0.3, 0.4) is 0 Å². The van der Waals surface area contributed by atoms with Crippen molar-refractivity contribution in [2.24, 2.45) is 0 Å². The second kappa shape index (κ2) is 8.45. The highest BCUT2D eigenvalue weighted by Gasteiger charge is 2.29. The molecule has 0 heterocycles. The molecular formula is C17H26N2O2. The van der Waals surface area contributed by atoms with Crippen LogP contribution in [0.1, 0.15) is 52.0 Å². The van der Waals surface area contributed by atoms with Crippen molar-refractivity contribution in [3.8, 4) is 0 Å². The molecule has 0 aromatic heterocycles. The van der Waals surface area contributed by atoms with Gasteiger partial charge in [-0.1, -0.05) is 44.2 Å². The lowest BCUT2D eigenvalue weighted by Crippen LogP contribution is -2.44. The number of benzene rings is 1. The minimum atomic E-state index is -0.797. The summed E-state index contributed by atoms with van der Waals surface area (Å²) >= 11 is 0. The summed E-state index contributed by atoms with van der Waals surface area (Å²) in [7, 11) is 0. The van der Waals surface area contributed by atoms with E-state index in [1.54, 1.807) is 0 Å². The van der Waals surface area contributed by atoms with E-state index in [1.165, 1.54) is 0 Å². The minimum absolute atomic E-state index is 0.0557. The van der Waals surface area contributed by atoms with Gasteiger partial charge >= 0.3 is 0 Å². The fraction of sp³-hybridized carbons (Fsp3) is 0.529. The molecule has 1 aromatic carbocycles. The van der Waals surface area contributed by atoms with Gasteiger partial charge in [-0.3, -0.25) is 9.59 Å². The summed E-state index contributed by atoms with van der Waals surface area (Å²) < 4.78 is 0. The summed E-state index contributed by atoms with van der Waals surface area (Å²) in [4.78, 5) is 24.9. The molecule has 1 rings (SSSR count). The zero-order valence-electron chi connectivity index (χ0n) is 13.3. The van der Waals surface area contributed by atoms with Gasteiger partial charge in [0.05, 0.1) is 0 Å². The maximum atomic E-state index is 12.5. The van der Waals surface area contributed by atoms with Crippen molar-refractivity contribution in [1.82, 2.24) is 10.6 Å². The first-order chi connectivity index (χ1) is 9.99. The molecule has 0 radical (unpaired) electrons. The van der Waals surface area contributed by atoms with Crippen molar-refractivity contribution in [1.29, 1.82) is 0 Å². The summed E-state index contributed by atoms with van der Waals surface area (Å²) in [5.41, 5.74) is 0.721. The lowest BCUT2D eigenvalue weighted by Gasteiger charge is -2.21. The van der Waals surface area contributed by atoms with E-state index in [4.69, 9.17) is 0 Å². The average Bonchev–Trinajstić information content (AvgIpc) is 2.48. The topological polar surface area (TPSA) is 58.2 Å². The van der Waals surface area contributed by atoms with Gasteiger partial charge in [-0.15, -0.1) is 0 Å². The molecule has 116 valence electrons. The van der Waals surface area contributed by atoms with Crippen LogP contribution >= 0.6 is 0 Å². The summed E-state index contributed by atoms with van der Waals surface area (Å²) in [5, 5.41) is 5.80. The van der Waals surface area contributed by atoms with Gasteiger partial charge in [0.15, 0.2) is 0 Å². The molecule has 21 heavy (non-hydrogen) atoms. The van der Waals surface area contributed by atoms with E-state index in [1.807, 2.05) is 58.0 Å². The van der Waals surface area contributed by atoms with Crippen LogP contribution in [0.25, 0.3) is 0 Å². The van der Waals surface area contributed by atoms with Crippen LogP contribution in [0, 0.1) is 0 Å². The summed E-state index contributed by atoms with van der Waals surface area (Å²) in [6.07, 6.45) is 1.67. The van der Waals surface area contributed by atoms with Crippen LogP contribution in [0.5, 0.6) is 0 Å². The summed E-state index contributed by atoms with van der Waals surface area (Å²) in [6.45, 7) is 7.88. The highest BCUT2D eigenvalue weighted by molar-refractivity contribution is 6.05. The molecule has 0 aliphatic heterocycles. The normalized spacial score (nSPS) is 14.9. The number of hydrogen-bond acceptors (Lipinski definition) is 2. The maximum absolute atomic E-state index is 12.5. The Bertz CT molecular complexity index is 435. The molecule has 0 aliphatic carbocycles. The molecule has 0 spiro atoms. The van der Waals surface area contributed by atoms with Crippen LogP contribution < -0.4 is 10.6 Å². The van der Waals surface area contributed by atoms with Crippen molar-refractivity contribution < 1.29 is 9.59 Å². The van der Waals surface area contributed by atoms with Crippen LogP contribution in [0.4, 0.5) is 0 Å².